The number of rotatable bonds is 6. The van der Waals surface area contributed by atoms with Crippen LogP contribution in [0.1, 0.15) is 36.9 Å². The molecule has 0 aliphatic carbocycles. The fraction of sp³-hybridized carbons (Fsp3) is 0.533. The topological polar surface area (TPSA) is 32.3 Å². The van der Waals surface area contributed by atoms with Gasteiger partial charge in [-0.05, 0) is 44.0 Å². The Morgan fingerprint density at radius 2 is 2.11 bits per heavy atom. The largest absolute Gasteiger partial charge is 0.349 e. The van der Waals surface area contributed by atoms with Crippen molar-refractivity contribution in [2.24, 2.45) is 0 Å². The Balaban J connectivity index is 2.37. The third-order valence-corrected chi connectivity index (χ3v) is 3.21. The first-order valence-electron chi connectivity index (χ1n) is 6.61. The molecular weight excluding hydrogens is 243 g/mol. The van der Waals surface area contributed by atoms with E-state index in [1.807, 2.05) is 13.0 Å². The van der Waals surface area contributed by atoms with Crippen LogP contribution in [0.15, 0.2) is 18.2 Å². The van der Waals surface area contributed by atoms with Gasteiger partial charge >= 0.3 is 0 Å². The van der Waals surface area contributed by atoms with Crippen molar-refractivity contribution < 1.29 is 9.18 Å². The second-order valence-electron chi connectivity index (χ2n) is 5.08. The number of aryl methyl sites for hydroxylation is 1. The van der Waals surface area contributed by atoms with Crippen LogP contribution in [0.2, 0.25) is 0 Å². The number of benzene rings is 1. The van der Waals surface area contributed by atoms with E-state index in [0.29, 0.717) is 12.0 Å². The fourth-order valence-electron chi connectivity index (χ4n) is 1.78. The summed E-state index contributed by atoms with van der Waals surface area (Å²) < 4.78 is 13.4. The molecule has 0 radical (unpaired) electrons. The number of nitrogens with one attached hydrogen (secondary N) is 1. The van der Waals surface area contributed by atoms with Crippen LogP contribution in [0.5, 0.6) is 0 Å². The summed E-state index contributed by atoms with van der Waals surface area (Å²) in [7, 11) is 3.51. The van der Waals surface area contributed by atoms with E-state index in [9.17, 15) is 9.18 Å². The normalized spacial score (nSPS) is 12.3. The molecule has 1 aromatic rings. The lowest BCUT2D eigenvalue weighted by atomic mass is 10.1. The first kappa shape index (κ1) is 15.6. The van der Waals surface area contributed by atoms with Crippen LogP contribution < -0.4 is 5.32 Å². The average molecular weight is 266 g/mol. The molecular formula is C15H23FN2O. The standard InChI is InChI=1S/C15H23FN2O/c1-11-7-8-13(10-14(11)16)12(2)17-9-5-6-15(19)18(3)4/h7-8,10,12,17H,5-6,9H2,1-4H3. The van der Waals surface area contributed by atoms with Crippen LogP contribution in [-0.4, -0.2) is 31.4 Å². The summed E-state index contributed by atoms with van der Waals surface area (Å²) in [6.07, 6.45) is 1.32. The SMILES string of the molecule is Cc1ccc(C(C)NCCCC(=O)N(C)C)cc1F. The van der Waals surface area contributed by atoms with Crippen LogP contribution in [0, 0.1) is 12.7 Å². The third kappa shape index (κ3) is 4.99. The van der Waals surface area contributed by atoms with Crippen LogP contribution in [0.25, 0.3) is 0 Å². The Morgan fingerprint density at radius 1 is 1.42 bits per heavy atom. The summed E-state index contributed by atoms with van der Waals surface area (Å²) in [6.45, 7) is 4.50. The molecule has 0 aliphatic rings. The maximum atomic E-state index is 13.4. The highest BCUT2D eigenvalue weighted by atomic mass is 19.1. The van der Waals surface area contributed by atoms with Crippen LogP contribution in [0.3, 0.4) is 0 Å². The second-order valence-corrected chi connectivity index (χ2v) is 5.08. The monoisotopic (exact) mass is 266 g/mol. The molecule has 3 nitrogen and oxygen atoms in total. The van der Waals surface area contributed by atoms with Crippen molar-refractivity contribution in [2.45, 2.75) is 32.7 Å². The van der Waals surface area contributed by atoms with Crippen molar-refractivity contribution >= 4 is 5.91 Å². The van der Waals surface area contributed by atoms with E-state index in [2.05, 4.69) is 5.32 Å². The molecule has 0 bridgehead atoms. The summed E-state index contributed by atoms with van der Waals surface area (Å²) in [5.74, 6) is -0.0373. The zero-order valence-electron chi connectivity index (χ0n) is 12.2. The van der Waals surface area contributed by atoms with Gasteiger partial charge in [0.2, 0.25) is 5.91 Å². The van der Waals surface area contributed by atoms with Gasteiger partial charge in [-0.2, -0.15) is 0 Å². The Hall–Kier alpha value is -1.42. The first-order valence-corrected chi connectivity index (χ1v) is 6.61. The highest BCUT2D eigenvalue weighted by molar-refractivity contribution is 5.75. The van der Waals surface area contributed by atoms with Gasteiger partial charge in [-0.1, -0.05) is 12.1 Å². The van der Waals surface area contributed by atoms with Gasteiger partial charge in [0.1, 0.15) is 5.82 Å². The molecule has 1 N–H and O–H groups in total. The summed E-state index contributed by atoms with van der Waals surface area (Å²) in [5.41, 5.74) is 1.59. The summed E-state index contributed by atoms with van der Waals surface area (Å²) in [6, 6.07) is 5.38. The number of amides is 1. The van der Waals surface area contributed by atoms with E-state index in [1.165, 1.54) is 0 Å². The van der Waals surface area contributed by atoms with Crippen molar-refractivity contribution in [3.05, 3.63) is 35.1 Å². The van der Waals surface area contributed by atoms with Crippen molar-refractivity contribution in [1.29, 1.82) is 0 Å². The maximum absolute atomic E-state index is 13.4. The fourth-order valence-corrected chi connectivity index (χ4v) is 1.78. The summed E-state index contributed by atoms with van der Waals surface area (Å²) in [4.78, 5) is 13.0. The van der Waals surface area contributed by atoms with E-state index in [0.717, 1.165) is 18.5 Å². The van der Waals surface area contributed by atoms with E-state index >= 15 is 0 Å². The molecule has 1 amide bonds. The molecule has 0 saturated carbocycles. The molecule has 1 rings (SSSR count). The van der Waals surface area contributed by atoms with Crippen molar-refractivity contribution in [2.75, 3.05) is 20.6 Å². The molecule has 0 aromatic heterocycles. The third-order valence-electron chi connectivity index (χ3n) is 3.21. The molecule has 19 heavy (non-hydrogen) atoms. The van der Waals surface area contributed by atoms with Gasteiger partial charge < -0.3 is 10.2 Å². The van der Waals surface area contributed by atoms with Gasteiger partial charge in [-0.15, -0.1) is 0 Å². The van der Waals surface area contributed by atoms with Gasteiger partial charge in [0, 0.05) is 26.6 Å². The number of nitrogens with zero attached hydrogens (tertiary/aromatic N) is 1. The maximum Gasteiger partial charge on any atom is 0.222 e. The highest BCUT2D eigenvalue weighted by Gasteiger charge is 2.08. The van der Waals surface area contributed by atoms with Crippen molar-refractivity contribution in [3.8, 4) is 0 Å². The van der Waals surface area contributed by atoms with E-state index in [4.69, 9.17) is 0 Å². The molecule has 0 saturated heterocycles. The van der Waals surface area contributed by atoms with Gasteiger partial charge in [0.25, 0.3) is 0 Å². The molecule has 0 fully saturated rings. The molecule has 0 aliphatic heterocycles. The Morgan fingerprint density at radius 3 is 2.68 bits per heavy atom. The molecule has 1 atom stereocenters. The van der Waals surface area contributed by atoms with Crippen LogP contribution >= 0.6 is 0 Å². The minimum absolute atomic E-state index is 0.0876. The predicted octanol–water partition coefficient (Wildman–Crippen LogP) is 2.65. The number of carbonyl (C=O) groups is 1. The molecule has 1 aromatic carbocycles. The Bertz CT molecular complexity index is 432. The lowest BCUT2D eigenvalue weighted by molar-refractivity contribution is -0.128. The lowest BCUT2D eigenvalue weighted by Crippen LogP contribution is -2.24. The van der Waals surface area contributed by atoms with Crippen LogP contribution in [-0.2, 0) is 4.79 Å². The lowest BCUT2D eigenvalue weighted by Gasteiger charge is -2.15. The molecule has 1 unspecified atom stereocenters. The molecule has 106 valence electrons. The average Bonchev–Trinajstić information content (AvgIpc) is 2.37. The van der Waals surface area contributed by atoms with E-state index < -0.39 is 0 Å². The van der Waals surface area contributed by atoms with E-state index in [1.54, 1.807) is 38.1 Å². The Kier molecular flexibility index (Phi) is 5.96. The zero-order valence-corrected chi connectivity index (χ0v) is 12.2. The quantitative estimate of drug-likeness (QED) is 0.803. The molecule has 4 heteroatoms. The van der Waals surface area contributed by atoms with Crippen LogP contribution in [0.4, 0.5) is 4.39 Å². The summed E-state index contributed by atoms with van der Waals surface area (Å²) >= 11 is 0. The molecule has 0 heterocycles. The number of hydrogen-bond acceptors (Lipinski definition) is 2. The van der Waals surface area contributed by atoms with Crippen molar-refractivity contribution in [3.63, 3.8) is 0 Å². The number of halogens is 1. The summed E-state index contributed by atoms with van der Waals surface area (Å²) in [5, 5.41) is 3.30. The minimum atomic E-state index is -0.172. The van der Waals surface area contributed by atoms with Gasteiger partial charge in [0.05, 0.1) is 0 Å². The van der Waals surface area contributed by atoms with Gasteiger partial charge in [-0.25, -0.2) is 4.39 Å². The first-order chi connectivity index (χ1) is 8.91. The minimum Gasteiger partial charge on any atom is -0.349 e. The Labute approximate surface area is 114 Å². The smallest absolute Gasteiger partial charge is 0.222 e. The van der Waals surface area contributed by atoms with Gasteiger partial charge in [0.15, 0.2) is 0 Å². The second kappa shape index (κ2) is 7.24. The highest BCUT2D eigenvalue weighted by Crippen LogP contribution is 2.16. The number of hydrogen-bond donors (Lipinski definition) is 1. The molecule has 0 spiro atoms. The number of carbonyl (C=O) groups excluding carboxylic acids is 1. The van der Waals surface area contributed by atoms with Gasteiger partial charge in [-0.3, -0.25) is 4.79 Å². The predicted molar refractivity (Wildman–Crippen MR) is 75.5 cm³/mol. The van der Waals surface area contributed by atoms with Crippen molar-refractivity contribution in [1.82, 2.24) is 10.2 Å². The zero-order chi connectivity index (χ0) is 14.4. The van der Waals surface area contributed by atoms with E-state index in [-0.39, 0.29) is 17.8 Å².